The Balaban J connectivity index is 2.61. The van der Waals surface area contributed by atoms with Gasteiger partial charge in [-0.2, -0.15) is 13.1 Å². The van der Waals surface area contributed by atoms with Gasteiger partial charge in [-0.15, -0.1) is 0 Å². The Morgan fingerprint density at radius 3 is 2.31 bits per heavy atom. The maximum atomic E-state index is 12.0. The van der Waals surface area contributed by atoms with Crippen molar-refractivity contribution in [2.24, 2.45) is 0 Å². The fourth-order valence-corrected chi connectivity index (χ4v) is 1.24. The fourth-order valence-electron chi connectivity index (χ4n) is 0.772. The zero-order valence-corrected chi connectivity index (χ0v) is 8.07. The van der Waals surface area contributed by atoms with Gasteiger partial charge in [-0.3, -0.25) is 0 Å². The molecule has 72 valence electrons. The van der Waals surface area contributed by atoms with Crippen molar-refractivity contribution in [3.05, 3.63) is 34.9 Å². The first kappa shape index (κ1) is 10.4. The van der Waals surface area contributed by atoms with Gasteiger partial charge in [-0.05, 0) is 17.7 Å². The van der Waals surface area contributed by atoms with Gasteiger partial charge in [-0.25, -0.2) is 0 Å². The fraction of sp³-hybridized carbons (Fsp3) is 0.143. The van der Waals surface area contributed by atoms with Crippen LogP contribution in [0.3, 0.4) is 0 Å². The van der Waals surface area contributed by atoms with Crippen LogP contribution in [0.25, 0.3) is 0 Å². The molecule has 0 aliphatic carbocycles. The summed E-state index contributed by atoms with van der Waals surface area (Å²) < 4.78 is 33.8. The van der Waals surface area contributed by atoms with Crippen molar-refractivity contribution in [3.8, 4) is 0 Å². The molecule has 0 aliphatic rings. The van der Waals surface area contributed by atoms with Crippen LogP contribution in [0.5, 0.6) is 0 Å². The minimum Gasteiger partial charge on any atom is -0.184 e. The standard InChI is InChI=1S/C7H7ClFNO2S/c8-7-3-1-6(2-4-7)5-10-13(9,11)12/h1-4,10H,5H2. The Labute approximate surface area is 80.9 Å². The van der Waals surface area contributed by atoms with Crippen LogP contribution in [-0.4, -0.2) is 8.42 Å². The SMILES string of the molecule is O=S(=O)(F)NCc1ccc(Cl)cc1. The van der Waals surface area contributed by atoms with Crippen LogP contribution in [0, 0.1) is 0 Å². The molecule has 0 spiro atoms. The minimum absolute atomic E-state index is 0.0734. The molecule has 0 saturated heterocycles. The van der Waals surface area contributed by atoms with Crippen molar-refractivity contribution >= 4 is 22.0 Å². The first-order valence-corrected chi connectivity index (χ1v) is 5.17. The van der Waals surface area contributed by atoms with E-state index in [0.717, 1.165) is 0 Å². The predicted molar refractivity (Wildman–Crippen MR) is 48.3 cm³/mol. The summed E-state index contributed by atoms with van der Waals surface area (Å²) >= 11 is 5.59. The van der Waals surface area contributed by atoms with Crippen molar-refractivity contribution in [2.45, 2.75) is 6.54 Å². The number of nitrogens with one attached hydrogen (secondary N) is 1. The van der Waals surface area contributed by atoms with Gasteiger partial charge < -0.3 is 0 Å². The van der Waals surface area contributed by atoms with Crippen molar-refractivity contribution in [3.63, 3.8) is 0 Å². The van der Waals surface area contributed by atoms with Gasteiger partial charge in [0.25, 0.3) is 0 Å². The minimum atomic E-state index is -4.62. The molecule has 0 aromatic heterocycles. The monoisotopic (exact) mass is 223 g/mol. The average molecular weight is 224 g/mol. The topological polar surface area (TPSA) is 46.2 Å². The number of hydrogen-bond acceptors (Lipinski definition) is 2. The third-order valence-corrected chi connectivity index (χ3v) is 2.10. The summed E-state index contributed by atoms with van der Waals surface area (Å²) in [7, 11) is -4.62. The van der Waals surface area contributed by atoms with E-state index < -0.39 is 10.4 Å². The van der Waals surface area contributed by atoms with Gasteiger partial charge >= 0.3 is 10.4 Å². The Bertz CT molecular complexity index is 376. The molecule has 0 unspecified atom stereocenters. The number of halogens is 2. The van der Waals surface area contributed by atoms with Crippen LogP contribution in [0.2, 0.25) is 5.02 Å². The molecular weight excluding hydrogens is 217 g/mol. The van der Waals surface area contributed by atoms with Crippen molar-refractivity contribution in [2.75, 3.05) is 0 Å². The zero-order chi connectivity index (χ0) is 9.90. The number of hydrogen-bond donors (Lipinski definition) is 1. The largest absolute Gasteiger partial charge is 0.372 e. The Hall–Kier alpha value is -0.650. The highest BCUT2D eigenvalue weighted by Crippen LogP contribution is 2.09. The lowest BCUT2D eigenvalue weighted by molar-refractivity contribution is 0.535. The second-order valence-electron chi connectivity index (χ2n) is 2.39. The Kier molecular flexibility index (Phi) is 3.24. The van der Waals surface area contributed by atoms with Gasteiger partial charge in [-0.1, -0.05) is 27.6 Å². The van der Waals surface area contributed by atoms with E-state index in [2.05, 4.69) is 0 Å². The summed E-state index contributed by atoms with van der Waals surface area (Å²) in [5, 5.41) is 0.548. The molecule has 1 aromatic rings. The molecule has 0 bridgehead atoms. The Morgan fingerprint density at radius 1 is 1.31 bits per heavy atom. The van der Waals surface area contributed by atoms with Crippen LogP contribution < -0.4 is 4.72 Å². The maximum absolute atomic E-state index is 12.0. The first-order valence-electron chi connectivity index (χ1n) is 3.41. The van der Waals surface area contributed by atoms with E-state index in [-0.39, 0.29) is 6.54 Å². The molecule has 0 heterocycles. The summed E-state index contributed by atoms with van der Waals surface area (Å²) in [5.41, 5.74) is 0.644. The van der Waals surface area contributed by atoms with E-state index in [9.17, 15) is 12.3 Å². The molecule has 13 heavy (non-hydrogen) atoms. The quantitative estimate of drug-likeness (QED) is 0.792. The summed E-state index contributed by atoms with van der Waals surface area (Å²) in [6.07, 6.45) is 0. The lowest BCUT2D eigenvalue weighted by Gasteiger charge is -1.99. The van der Waals surface area contributed by atoms with E-state index in [1.54, 1.807) is 29.0 Å². The van der Waals surface area contributed by atoms with Crippen molar-refractivity contribution in [1.82, 2.24) is 4.72 Å². The summed E-state index contributed by atoms with van der Waals surface area (Å²) in [6.45, 7) is -0.0734. The van der Waals surface area contributed by atoms with Gasteiger partial charge in [0.2, 0.25) is 0 Å². The third-order valence-electron chi connectivity index (χ3n) is 1.36. The Morgan fingerprint density at radius 2 is 1.85 bits per heavy atom. The molecule has 1 aromatic carbocycles. The highest BCUT2D eigenvalue weighted by Gasteiger charge is 2.04. The summed E-state index contributed by atoms with van der Waals surface area (Å²) in [4.78, 5) is 0. The number of rotatable bonds is 3. The summed E-state index contributed by atoms with van der Waals surface area (Å²) in [5.74, 6) is 0. The van der Waals surface area contributed by atoms with Crippen LogP contribution in [0.15, 0.2) is 24.3 Å². The van der Waals surface area contributed by atoms with Gasteiger partial charge in [0.1, 0.15) is 0 Å². The lowest BCUT2D eigenvalue weighted by atomic mass is 10.2. The normalized spacial score (nSPS) is 11.5. The molecule has 0 radical (unpaired) electrons. The lowest BCUT2D eigenvalue weighted by Crippen LogP contribution is -2.17. The van der Waals surface area contributed by atoms with Crippen LogP contribution in [0.4, 0.5) is 3.89 Å². The predicted octanol–water partition coefficient (Wildman–Crippen LogP) is 1.64. The molecule has 3 nitrogen and oxygen atoms in total. The highest BCUT2D eigenvalue weighted by atomic mass is 35.5. The van der Waals surface area contributed by atoms with Gasteiger partial charge in [0, 0.05) is 11.6 Å². The van der Waals surface area contributed by atoms with Crippen LogP contribution in [-0.2, 0) is 17.0 Å². The third kappa shape index (κ3) is 4.21. The average Bonchev–Trinajstić information content (AvgIpc) is 2.02. The van der Waals surface area contributed by atoms with E-state index in [0.29, 0.717) is 10.6 Å². The first-order chi connectivity index (χ1) is 5.97. The second kappa shape index (κ2) is 4.04. The van der Waals surface area contributed by atoms with E-state index in [4.69, 9.17) is 11.6 Å². The molecule has 1 N–H and O–H groups in total. The molecule has 6 heteroatoms. The molecular formula is C7H7ClFNO2S. The molecule has 0 aliphatic heterocycles. The maximum Gasteiger partial charge on any atom is 0.372 e. The number of benzene rings is 1. The van der Waals surface area contributed by atoms with Gasteiger partial charge in [0.15, 0.2) is 0 Å². The smallest absolute Gasteiger partial charge is 0.184 e. The molecule has 0 amide bonds. The van der Waals surface area contributed by atoms with Gasteiger partial charge in [0.05, 0.1) is 0 Å². The van der Waals surface area contributed by atoms with Crippen molar-refractivity contribution in [1.29, 1.82) is 0 Å². The van der Waals surface area contributed by atoms with Crippen molar-refractivity contribution < 1.29 is 12.3 Å². The van der Waals surface area contributed by atoms with E-state index in [1.165, 1.54) is 0 Å². The van der Waals surface area contributed by atoms with Crippen LogP contribution in [0.1, 0.15) is 5.56 Å². The van der Waals surface area contributed by atoms with E-state index in [1.807, 2.05) is 0 Å². The molecule has 0 atom stereocenters. The summed E-state index contributed by atoms with van der Waals surface area (Å²) in [6, 6.07) is 6.42. The highest BCUT2D eigenvalue weighted by molar-refractivity contribution is 7.84. The second-order valence-corrected chi connectivity index (χ2v) is 3.99. The van der Waals surface area contributed by atoms with E-state index >= 15 is 0 Å². The molecule has 0 fully saturated rings. The zero-order valence-electron chi connectivity index (χ0n) is 6.50. The molecule has 0 saturated carbocycles. The van der Waals surface area contributed by atoms with Crippen LogP contribution >= 0.6 is 11.6 Å². The molecule has 1 rings (SSSR count).